The summed E-state index contributed by atoms with van der Waals surface area (Å²) in [5, 5.41) is 4.53. The topological polar surface area (TPSA) is 79.1 Å². The van der Waals surface area contributed by atoms with E-state index in [4.69, 9.17) is 16.2 Å². The van der Waals surface area contributed by atoms with E-state index in [9.17, 15) is 4.39 Å². The van der Waals surface area contributed by atoms with Crippen molar-refractivity contribution in [3.8, 4) is 22.6 Å². The van der Waals surface area contributed by atoms with E-state index in [1.54, 1.807) is 4.68 Å². The van der Waals surface area contributed by atoms with Crippen molar-refractivity contribution in [3.05, 3.63) is 59.5 Å². The smallest absolute Gasteiger partial charge is 0.165 e. The Labute approximate surface area is 145 Å². The minimum atomic E-state index is -0.394. The highest BCUT2D eigenvalue weighted by molar-refractivity contribution is 5.79. The molecule has 0 unspecified atom stereocenters. The molecule has 0 bridgehead atoms. The summed E-state index contributed by atoms with van der Waals surface area (Å²) in [6.07, 6.45) is 0.424. The maximum atomic E-state index is 14.5. The Morgan fingerprint density at radius 1 is 1.28 bits per heavy atom. The highest BCUT2D eigenvalue weighted by Crippen LogP contribution is 2.38. The lowest BCUT2D eigenvalue weighted by molar-refractivity contribution is 0.232. The fourth-order valence-electron chi connectivity index (χ4n) is 3.33. The molecule has 1 atom stereocenters. The van der Waals surface area contributed by atoms with Crippen molar-refractivity contribution in [1.82, 2.24) is 9.78 Å². The summed E-state index contributed by atoms with van der Waals surface area (Å²) in [6.45, 7) is 2.23. The summed E-state index contributed by atoms with van der Waals surface area (Å²) in [5.41, 5.74) is 15.9. The van der Waals surface area contributed by atoms with E-state index in [1.807, 2.05) is 43.3 Å². The van der Waals surface area contributed by atoms with Crippen molar-refractivity contribution in [2.45, 2.75) is 19.4 Å². The average Bonchev–Trinajstić information content (AvgIpc) is 3.16. The number of nitrogen functional groups attached to an aromatic ring is 1. The van der Waals surface area contributed by atoms with Crippen LogP contribution in [-0.2, 0) is 6.42 Å². The molecular weight excluding hydrogens is 319 g/mol. The number of halogens is 1. The van der Waals surface area contributed by atoms with Crippen LogP contribution in [0.1, 0.15) is 11.3 Å². The van der Waals surface area contributed by atoms with E-state index in [-0.39, 0.29) is 6.10 Å². The van der Waals surface area contributed by atoms with E-state index >= 15 is 0 Å². The van der Waals surface area contributed by atoms with Gasteiger partial charge in [0.1, 0.15) is 11.9 Å². The van der Waals surface area contributed by atoms with Gasteiger partial charge >= 0.3 is 0 Å². The van der Waals surface area contributed by atoms with Crippen LogP contribution in [0.3, 0.4) is 0 Å². The zero-order valence-corrected chi connectivity index (χ0v) is 13.9. The molecule has 2 aromatic carbocycles. The third kappa shape index (κ3) is 2.55. The minimum absolute atomic E-state index is 0.176. The monoisotopic (exact) mass is 338 g/mol. The van der Waals surface area contributed by atoms with Crippen molar-refractivity contribution in [3.63, 3.8) is 0 Å². The Morgan fingerprint density at radius 3 is 2.76 bits per heavy atom. The Kier molecular flexibility index (Phi) is 3.69. The van der Waals surface area contributed by atoms with Gasteiger partial charge in [-0.05, 0) is 36.8 Å². The highest BCUT2D eigenvalue weighted by Gasteiger charge is 2.27. The van der Waals surface area contributed by atoms with Gasteiger partial charge in [0.15, 0.2) is 11.6 Å². The van der Waals surface area contributed by atoms with Gasteiger partial charge < -0.3 is 16.2 Å². The first-order valence-electron chi connectivity index (χ1n) is 8.18. The lowest BCUT2D eigenvalue weighted by Crippen LogP contribution is -2.24. The molecule has 0 aliphatic carbocycles. The first-order valence-corrected chi connectivity index (χ1v) is 8.18. The van der Waals surface area contributed by atoms with Gasteiger partial charge in [0.2, 0.25) is 0 Å². The Morgan fingerprint density at radius 2 is 2.04 bits per heavy atom. The van der Waals surface area contributed by atoms with Crippen molar-refractivity contribution in [2.24, 2.45) is 5.73 Å². The van der Waals surface area contributed by atoms with Gasteiger partial charge in [-0.1, -0.05) is 18.2 Å². The summed E-state index contributed by atoms with van der Waals surface area (Å²) < 4.78 is 21.7. The van der Waals surface area contributed by atoms with Gasteiger partial charge in [-0.2, -0.15) is 5.10 Å². The molecule has 1 aliphatic heterocycles. The highest BCUT2D eigenvalue weighted by atomic mass is 19.1. The first-order chi connectivity index (χ1) is 12.1. The molecular formula is C19H19FN4O. The largest absolute Gasteiger partial charge is 0.485 e. The molecule has 1 aliphatic rings. The van der Waals surface area contributed by atoms with Crippen LogP contribution in [0.15, 0.2) is 42.5 Å². The molecule has 0 saturated carbocycles. The van der Waals surface area contributed by atoms with Gasteiger partial charge in [0.05, 0.1) is 11.4 Å². The third-order valence-corrected chi connectivity index (χ3v) is 4.50. The maximum Gasteiger partial charge on any atom is 0.165 e. The number of rotatable bonds is 3. The van der Waals surface area contributed by atoms with Crippen molar-refractivity contribution in [1.29, 1.82) is 0 Å². The molecule has 25 heavy (non-hydrogen) atoms. The van der Waals surface area contributed by atoms with Crippen LogP contribution in [0.2, 0.25) is 0 Å². The molecule has 0 spiro atoms. The van der Waals surface area contributed by atoms with E-state index in [2.05, 4.69) is 5.10 Å². The summed E-state index contributed by atoms with van der Waals surface area (Å²) in [7, 11) is 0. The van der Waals surface area contributed by atoms with Crippen molar-refractivity contribution < 1.29 is 9.13 Å². The second kappa shape index (κ2) is 5.89. The van der Waals surface area contributed by atoms with Gasteiger partial charge in [-0.3, -0.25) is 0 Å². The molecule has 0 radical (unpaired) electrons. The standard InChI is InChI=1S/C19H19FN4O/c1-11-17(19(22)24(23-11)14-5-3-2-4-6-14)12-7-13-8-15(10-21)25-18(13)16(20)9-12/h2-7,9,15H,8,10,21-22H2,1H3/t15-/m1/s1. The average molecular weight is 338 g/mol. The van der Waals surface area contributed by atoms with Gasteiger partial charge in [-0.15, -0.1) is 0 Å². The number of fused-ring (bicyclic) bond motifs is 1. The molecule has 2 heterocycles. The molecule has 3 aromatic rings. The van der Waals surface area contributed by atoms with Gasteiger partial charge in [-0.25, -0.2) is 9.07 Å². The lowest BCUT2D eigenvalue weighted by atomic mass is 10.0. The summed E-state index contributed by atoms with van der Waals surface area (Å²) >= 11 is 0. The third-order valence-electron chi connectivity index (χ3n) is 4.50. The normalized spacial score (nSPS) is 15.9. The molecule has 6 heteroatoms. The van der Waals surface area contributed by atoms with Crippen LogP contribution >= 0.6 is 0 Å². The second-order valence-corrected chi connectivity index (χ2v) is 6.22. The molecule has 5 nitrogen and oxygen atoms in total. The fraction of sp³-hybridized carbons (Fsp3) is 0.211. The van der Waals surface area contributed by atoms with Crippen molar-refractivity contribution in [2.75, 3.05) is 12.3 Å². The van der Waals surface area contributed by atoms with Crippen LogP contribution in [0, 0.1) is 12.7 Å². The summed E-state index contributed by atoms with van der Waals surface area (Å²) in [6, 6.07) is 13.0. The molecule has 128 valence electrons. The molecule has 1 aromatic heterocycles. The molecule has 4 N–H and O–H groups in total. The number of ether oxygens (including phenoxy) is 1. The second-order valence-electron chi connectivity index (χ2n) is 6.22. The molecule has 0 amide bonds. The van der Waals surface area contributed by atoms with Crippen LogP contribution in [-0.4, -0.2) is 22.4 Å². The predicted molar refractivity (Wildman–Crippen MR) is 95.3 cm³/mol. The zero-order valence-electron chi connectivity index (χ0n) is 13.9. The number of para-hydroxylation sites is 1. The quantitative estimate of drug-likeness (QED) is 0.770. The molecule has 4 rings (SSSR count). The van der Waals surface area contributed by atoms with E-state index in [1.165, 1.54) is 6.07 Å². The maximum absolute atomic E-state index is 14.5. The first kappa shape index (κ1) is 15.7. The number of benzene rings is 2. The Balaban J connectivity index is 1.82. The van der Waals surface area contributed by atoms with Crippen LogP contribution < -0.4 is 16.2 Å². The number of anilines is 1. The van der Waals surface area contributed by atoms with Crippen LogP contribution in [0.4, 0.5) is 10.2 Å². The number of nitrogens with two attached hydrogens (primary N) is 2. The van der Waals surface area contributed by atoms with Crippen molar-refractivity contribution >= 4 is 5.82 Å². The summed E-state index contributed by atoms with van der Waals surface area (Å²) in [5.74, 6) is 0.387. The van der Waals surface area contributed by atoms with Crippen LogP contribution in [0.25, 0.3) is 16.8 Å². The molecule has 0 fully saturated rings. The van der Waals surface area contributed by atoms with E-state index < -0.39 is 5.82 Å². The van der Waals surface area contributed by atoms with Gasteiger partial charge in [0, 0.05) is 24.1 Å². The number of aromatic nitrogens is 2. The summed E-state index contributed by atoms with van der Waals surface area (Å²) in [4.78, 5) is 0. The van der Waals surface area contributed by atoms with Crippen LogP contribution in [0.5, 0.6) is 5.75 Å². The minimum Gasteiger partial charge on any atom is -0.485 e. The molecule has 0 saturated heterocycles. The number of aryl methyl sites for hydroxylation is 1. The van der Waals surface area contributed by atoms with E-state index in [0.29, 0.717) is 30.1 Å². The van der Waals surface area contributed by atoms with Gasteiger partial charge in [0.25, 0.3) is 0 Å². The Hall–Kier alpha value is -2.86. The Bertz CT molecular complexity index is 936. The zero-order chi connectivity index (χ0) is 17.6. The lowest BCUT2D eigenvalue weighted by Gasteiger charge is -2.08. The number of nitrogens with zero attached hydrogens (tertiary/aromatic N) is 2. The number of hydrogen-bond donors (Lipinski definition) is 2. The number of hydrogen-bond acceptors (Lipinski definition) is 4. The predicted octanol–water partition coefficient (Wildman–Crippen LogP) is 2.83. The fourth-order valence-corrected chi connectivity index (χ4v) is 3.33. The van der Waals surface area contributed by atoms with E-state index in [0.717, 1.165) is 22.5 Å². The SMILES string of the molecule is Cc1nn(-c2ccccc2)c(N)c1-c1cc(F)c2c(c1)C[C@H](CN)O2.